The van der Waals surface area contributed by atoms with Crippen molar-refractivity contribution in [3.05, 3.63) is 84.8 Å². The topological polar surface area (TPSA) is 125 Å². The number of ether oxygens (including phenoxy) is 1. The van der Waals surface area contributed by atoms with Gasteiger partial charge in [0, 0.05) is 68.4 Å². The zero-order valence-corrected chi connectivity index (χ0v) is 26.9. The SMILES string of the molecule is CC(=O)N1CCCC1C(=O)N(CCCn1ccnc1)C1(C(=O)NC=Cc2c[nH]c3cnc(OCc4ccccc4)cc23)CCCCC1. The first-order valence-corrected chi connectivity index (χ1v) is 16.6. The van der Waals surface area contributed by atoms with Crippen molar-refractivity contribution in [2.45, 2.75) is 83.0 Å². The molecule has 1 aliphatic carbocycles. The Kier molecular flexibility index (Phi) is 9.99. The van der Waals surface area contributed by atoms with Gasteiger partial charge in [0.15, 0.2) is 0 Å². The van der Waals surface area contributed by atoms with Crippen molar-refractivity contribution in [3.8, 4) is 5.88 Å². The van der Waals surface area contributed by atoms with Gasteiger partial charge in [-0.3, -0.25) is 14.4 Å². The minimum Gasteiger partial charge on any atom is -0.473 e. The van der Waals surface area contributed by atoms with Gasteiger partial charge < -0.3 is 29.4 Å². The molecule has 1 aromatic carbocycles. The molecule has 4 heterocycles. The Bertz CT molecular complexity index is 1690. The summed E-state index contributed by atoms with van der Waals surface area (Å²) in [7, 11) is 0. The van der Waals surface area contributed by atoms with Crippen molar-refractivity contribution in [2.24, 2.45) is 0 Å². The molecule has 6 rings (SSSR count). The molecule has 246 valence electrons. The Morgan fingerprint density at radius 3 is 2.74 bits per heavy atom. The number of aryl methyl sites for hydroxylation is 1. The fraction of sp³-hybridized carbons (Fsp3) is 0.417. The lowest BCUT2D eigenvalue weighted by atomic mass is 9.78. The maximum atomic E-state index is 14.3. The summed E-state index contributed by atoms with van der Waals surface area (Å²) in [5.74, 6) is 0.0886. The van der Waals surface area contributed by atoms with E-state index in [1.54, 1.807) is 29.8 Å². The van der Waals surface area contributed by atoms with Gasteiger partial charge in [0.05, 0.1) is 18.0 Å². The molecule has 2 N–H and O–H groups in total. The molecule has 11 heteroatoms. The van der Waals surface area contributed by atoms with Gasteiger partial charge >= 0.3 is 0 Å². The highest BCUT2D eigenvalue weighted by molar-refractivity contribution is 5.96. The van der Waals surface area contributed by atoms with E-state index in [1.807, 2.05) is 64.3 Å². The van der Waals surface area contributed by atoms with Crippen molar-refractivity contribution in [1.82, 2.24) is 34.6 Å². The summed E-state index contributed by atoms with van der Waals surface area (Å²) < 4.78 is 7.92. The van der Waals surface area contributed by atoms with Crippen LogP contribution in [0.25, 0.3) is 17.0 Å². The molecule has 1 atom stereocenters. The number of likely N-dealkylation sites (tertiary alicyclic amines) is 1. The molecule has 2 aliphatic rings. The Hall–Kier alpha value is -4.93. The number of imidazole rings is 1. The third-order valence-corrected chi connectivity index (χ3v) is 9.47. The molecule has 3 amide bonds. The van der Waals surface area contributed by atoms with E-state index in [1.165, 1.54) is 6.92 Å². The van der Waals surface area contributed by atoms with E-state index in [9.17, 15) is 14.4 Å². The average molecular weight is 638 g/mol. The second kappa shape index (κ2) is 14.7. The number of amides is 3. The number of carbonyl (C=O) groups is 3. The largest absolute Gasteiger partial charge is 0.473 e. The first-order valence-electron chi connectivity index (χ1n) is 16.6. The number of H-pyrrole nitrogens is 1. The van der Waals surface area contributed by atoms with Crippen molar-refractivity contribution in [2.75, 3.05) is 13.1 Å². The molecule has 11 nitrogen and oxygen atoms in total. The average Bonchev–Trinajstić information content (AvgIpc) is 3.88. The van der Waals surface area contributed by atoms with E-state index in [2.05, 4.69) is 20.3 Å². The molecule has 1 saturated heterocycles. The maximum absolute atomic E-state index is 14.3. The van der Waals surface area contributed by atoms with E-state index in [4.69, 9.17) is 4.74 Å². The highest BCUT2D eigenvalue weighted by Gasteiger charge is 2.49. The molecule has 4 aromatic rings. The first kappa shape index (κ1) is 32.0. The fourth-order valence-electron chi connectivity index (χ4n) is 7.02. The standard InChI is InChI=1S/C36H43N7O4/c1-27(44)42-19-8-12-32(42)34(45)43(20-9-18-41-21-17-37-26-41)36(14-6-3-7-15-36)35(46)38-16-13-29-23-39-31-24-40-33(22-30(29)31)47-25-28-10-4-2-5-11-28/h2,4-5,10-11,13,16-17,21-24,26,32,39H,3,6-9,12,14-15,18-20,25H2,1H3,(H,38,46). The summed E-state index contributed by atoms with van der Waals surface area (Å²) in [4.78, 5) is 56.3. The van der Waals surface area contributed by atoms with Crippen LogP contribution in [-0.4, -0.2) is 71.7 Å². The van der Waals surface area contributed by atoms with Gasteiger partial charge in [0.25, 0.3) is 0 Å². The molecule has 0 bridgehead atoms. The summed E-state index contributed by atoms with van der Waals surface area (Å²) in [6.07, 6.45) is 18.5. The van der Waals surface area contributed by atoms with Crippen molar-refractivity contribution < 1.29 is 19.1 Å². The van der Waals surface area contributed by atoms with Crippen LogP contribution in [-0.2, 0) is 27.5 Å². The van der Waals surface area contributed by atoms with Gasteiger partial charge in [-0.1, -0.05) is 49.6 Å². The fourth-order valence-corrected chi connectivity index (χ4v) is 7.02. The first-order chi connectivity index (χ1) is 22.9. The van der Waals surface area contributed by atoms with Gasteiger partial charge in [-0.25, -0.2) is 9.97 Å². The van der Waals surface area contributed by atoms with Crippen LogP contribution >= 0.6 is 0 Å². The number of pyridine rings is 1. The van der Waals surface area contributed by atoms with Gasteiger partial charge in [-0.15, -0.1) is 0 Å². The second-order valence-corrected chi connectivity index (χ2v) is 12.5. The quantitative estimate of drug-likeness (QED) is 0.224. The van der Waals surface area contributed by atoms with E-state index in [0.29, 0.717) is 57.8 Å². The Morgan fingerprint density at radius 2 is 1.98 bits per heavy atom. The lowest BCUT2D eigenvalue weighted by molar-refractivity contribution is -0.155. The van der Waals surface area contributed by atoms with Crippen LogP contribution in [0.4, 0.5) is 0 Å². The number of hydrogen-bond donors (Lipinski definition) is 2. The highest BCUT2D eigenvalue weighted by Crippen LogP contribution is 2.36. The molecular formula is C36H43N7O4. The van der Waals surface area contributed by atoms with Gasteiger partial charge in [0.1, 0.15) is 18.2 Å². The van der Waals surface area contributed by atoms with Crippen LogP contribution < -0.4 is 10.1 Å². The van der Waals surface area contributed by atoms with E-state index in [-0.39, 0.29) is 17.7 Å². The third-order valence-electron chi connectivity index (χ3n) is 9.47. The number of nitrogens with zero attached hydrogens (tertiary/aromatic N) is 5. The van der Waals surface area contributed by atoms with Crippen LogP contribution in [0.2, 0.25) is 0 Å². The number of aromatic amines is 1. The van der Waals surface area contributed by atoms with E-state index >= 15 is 0 Å². The monoisotopic (exact) mass is 637 g/mol. The molecule has 0 spiro atoms. The van der Waals surface area contributed by atoms with Crippen LogP contribution in [0.5, 0.6) is 5.88 Å². The van der Waals surface area contributed by atoms with Gasteiger partial charge in [0.2, 0.25) is 23.6 Å². The number of nitrogens with one attached hydrogen (secondary N) is 2. The summed E-state index contributed by atoms with van der Waals surface area (Å²) in [6.45, 7) is 3.58. The summed E-state index contributed by atoms with van der Waals surface area (Å²) >= 11 is 0. The van der Waals surface area contributed by atoms with Crippen LogP contribution in [0.1, 0.15) is 69.4 Å². The molecule has 3 aromatic heterocycles. The number of hydrogen-bond acceptors (Lipinski definition) is 6. The number of rotatable bonds is 12. The maximum Gasteiger partial charge on any atom is 0.249 e. The minimum absolute atomic E-state index is 0.105. The number of benzene rings is 1. The molecule has 1 aliphatic heterocycles. The zero-order chi connectivity index (χ0) is 32.6. The third kappa shape index (κ3) is 7.24. The second-order valence-electron chi connectivity index (χ2n) is 12.5. The summed E-state index contributed by atoms with van der Waals surface area (Å²) in [5.41, 5.74) is 1.79. The van der Waals surface area contributed by atoms with Crippen LogP contribution in [0.3, 0.4) is 0 Å². The smallest absolute Gasteiger partial charge is 0.249 e. The van der Waals surface area contributed by atoms with Crippen molar-refractivity contribution in [1.29, 1.82) is 0 Å². The van der Waals surface area contributed by atoms with Crippen LogP contribution in [0, 0.1) is 0 Å². The zero-order valence-electron chi connectivity index (χ0n) is 26.9. The number of aromatic nitrogens is 4. The predicted molar refractivity (Wildman–Crippen MR) is 179 cm³/mol. The highest BCUT2D eigenvalue weighted by atomic mass is 16.5. The Morgan fingerprint density at radius 1 is 1.15 bits per heavy atom. The molecule has 47 heavy (non-hydrogen) atoms. The lowest BCUT2D eigenvalue weighted by Crippen LogP contribution is -2.64. The van der Waals surface area contributed by atoms with E-state index in [0.717, 1.165) is 47.7 Å². The summed E-state index contributed by atoms with van der Waals surface area (Å²) in [6, 6.07) is 11.3. The van der Waals surface area contributed by atoms with Crippen LogP contribution in [0.15, 0.2) is 73.7 Å². The minimum atomic E-state index is -0.998. The molecular weight excluding hydrogens is 594 g/mol. The predicted octanol–water partition coefficient (Wildman–Crippen LogP) is 5.06. The van der Waals surface area contributed by atoms with Crippen molar-refractivity contribution in [3.63, 3.8) is 0 Å². The number of carbonyl (C=O) groups excluding carboxylic acids is 3. The van der Waals surface area contributed by atoms with E-state index < -0.39 is 11.6 Å². The molecule has 1 saturated carbocycles. The lowest BCUT2D eigenvalue weighted by Gasteiger charge is -2.46. The van der Waals surface area contributed by atoms with Gasteiger partial charge in [-0.05, 0) is 43.7 Å². The Balaban J connectivity index is 1.21. The normalized spacial score (nSPS) is 17.6. The Labute approximate surface area is 275 Å². The molecule has 0 radical (unpaired) electrons. The summed E-state index contributed by atoms with van der Waals surface area (Å²) in [5, 5.41) is 3.97. The molecule has 2 fully saturated rings. The molecule has 1 unspecified atom stereocenters. The van der Waals surface area contributed by atoms with Crippen molar-refractivity contribution >= 4 is 34.7 Å². The number of fused-ring (bicyclic) bond motifs is 1. The van der Waals surface area contributed by atoms with Gasteiger partial charge in [-0.2, -0.15) is 0 Å².